The molecule has 0 bridgehead atoms. The fourth-order valence-electron chi connectivity index (χ4n) is 2.02. The number of hydrogen-bond acceptors (Lipinski definition) is 4. The first-order valence-electron chi connectivity index (χ1n) is 6.31. The van der Waals surface area contributed by atoms with Crippen molar-refractivity contribution in [3.05, 3.63) is 18.7 Å². The monoisotopic (exact) mass is 252 g/mol. The summed E-state index contributed by atoms with van der Waals surface area (Å²) >= 11 is 0. The molecule has 0 aliphatic carbocycles. The van der Waals surface area contributed by atoms with E-state index in [1.54, 1.807) is 12.5 Å². The van der Waals surface area contributed by atoms with Crippen LogP contribution in [0.25, 0.3) is 0 Å². The summed E-state index contributed by atoms with van der Waals surface area (Å²) in [4.78, 5) is 15.9. The first-order valence-corrected chi connectivity index (χ1v) is 6.31. The maximum atomic E-state index is 12.0. The summed E-state index contributed by atoms with van der Waals surface area (Å²) in [6.07, 6.45) is 7.49. The standard InChI is InChI=1S/C12H20N4O2/c13-12(2-8-18-9-3-12)11(17)15-4-1-6-16-7-5-14-10-16/h5,7,10H,1-4,6,8-9,13H2,(H,15,17). The summed E-state index contributed by atoms with van der Waals surface area (Å²) in [5.74, 6) is -0.0589. The summed E-state index contributed by atoms with van der Waals surface area (Å²) in [5, 5.41) is 2.90. The SMILES string of the molecule is NC1(C(=O)NCCCn2ccnc2)CCOCC1. The maximum absolute atomic E-state index is 12.0. The Kier molecular flexibility index (Phi) is 4.33. The molecule has 0 radical (unpaired) electrons. The van der Waals surface area contributed by atoms with Crippen molar-refractivity contribution in [2.75, 3.05) is 19.8 Å². The lowest BCUT2D eigenvalue weighted by Gasteiger charge is -2.31. The Labute approximate surface area is 107 Å². The number of imidazole rings is 1. The zero-order valence-corrected chi connectivity index (χ0v) is 10.5. The Hall–Kier alpha value is -1.40. The van der Waals surface area contributed by atoms with Gasteiger partial charge in [0.05, 0.1) is 11.9 Å². The summed E-state index contributed by atoms with van der Waals surface area (Å²) < 4.78 is 7.20. The van der Waals surface area contributed by atoms with Crippen LogP contribution in [0.5, 0.6) is 0 Å². The van der Waals surface area contributed by atoms with E-state index >= 15 is 0 Å². The molecule has 1 fully saturated rings. The van der Waals surface area contributed by atoms with Crippen molar-refractivity contribution < 1.29 is 9.53 Å². The fraction of sp³-hybridized carbons (Fsp3) is 0.667. The normalized spacial score (nSPS) is 18.5. The number of rotatable bonds is 5. The van der Waals surface area contributed by atoms with Crippen LogP contribution in [0.2, 0.25) is 0 Å². The molecule has 1 aliphatic heterocycles. The van der Waals surface area contributed by atoms with Gasteiger partial charge in [0.2, 0.25) is 5.91 Å². The van der Waals surface area contributed by atoms with Crippen molar-refractivity contribution in [1.29, 1.82) is 0 Å². The summed E-state index contributed by atoms with van der Waals surface area (Å²) in [5.41, 5.74) is 5.33. The molecule has 100 valence electrons. The molecule has 1 saturated heterocycles. The third-order valence-corrected chi connectivity index (χ3v) is 3.28. The minimum atomic E-state index is -0.743. The van der Waals surface area contributed by atoms with Gasteiger partial charge in [-0.2, -0.15) is 0 Å². The number of nitrogens with one attached hydrogen (secondary N) is 1. The van der Waals surface area contributed by atoms with Gasteiger partial charge in [0.1, 0.15) is 0 Å². The van der Waals surface area contributed by atoms with E-state index in [0.717, 1.165) is 13.0 Å². The Bertz CT molecular complexity index is 371. The minimum Gasteiger partial charge on any atom is -0.381 e. The van der Waals surface area contributed by atoms with Crippen molar-refractivity contribution in [1.82, 2.24) is 14.9 Å². The zero-order valence-electron chi connectivity index (χ0n) is 10.5. The number of amides is 1. The highest BCUT2D eigenvalue weighted by Gasteiger charge is 2.35. The lowest BCUT2D eigenvalue weighted by atomic mass is 9.90. The van der Waals surface area contributed by atoms with Gasteiger partial charge < -0.3 is 20.4 Å². The molecule has 6 heteroatoms. The van der Waals surface area contributed by atoms with Crippen LogP contribution in [0.3, 0.4) is 0 Å². The fourth-order valence-corrected chi connectivity index (χ4v) is 2.02. The zero-order chi connectivity index (χ0) is 12.8. The van der Waals surface area contributed by atoms with Crippen LogP contribution < -0.4 is 11.1 Å². The number of aryl methyl sites for hydroxylation is 1. The van der Waals surface area contributed by atoms with Gasteiger partial charge in [-0.15, -0.1) is 0 Å². The number of carbonyl (C=O) groups is 1. The Balaban J connectivity index is 1.68. The average Bonchev–Trinajstić information content (AvgIpc) is 2.88. The lowest BCUT2D eigenvalue weighted by Crippen LogP contribution is -2.57. The number of carbonyl (C=O) groups excluding carboxylic acids is 1. The topological polar surface area (TPSA) is 82.2 Å². The molecular formula is C12H20N4O2. The molecule has 2 rings (SSSR count). The van der Waals surface area contributed by atoms with E-state index in [2.05, 4.69) is 10.3 Å². The molecule has 1 aromatic rings. The number of nitrogens with two attached hydrogens (primary N) is 1. The second-order valence-electron chi connectivity index (χ2n) is 4.68. The van der Waals surface area contributed by atoms with Crippen LogP contribution >= 0.6 is 0 Å². The highest BCUT2D eigenvalue weighted by molar-refractivity contribution is 5.86. The van der Waals surface area contributed by atoms with Crippen LogP contribution in [0.1, 0.15) is 19.3 Å². The van der Waals surface area contributed by atoms with Crippen LogP contribution in [0.15, 0.2) is 18.7 Å². The number of ether oxygens (including phenoxy) is 1. The third-order valence-electron chi connectivity index (χ3n) is 3.28. The Morgan fingerprint density at radius 3 is 2.94 bits per heavy atom. The molecule has 1 aromatic heterocycles. The molecule has 0 unspecified atom stereocenters. The highest BCUT2D eigenvalue weighted by atomic mass is 16.5. The molecule has 0 aromatic carbocycles. The molecule has 1 aliphatic rings. The molecular weight excluding hydrogens is 232 g/mol. The predicted octanol–water partition coefficient (Wildman–Crippen LogP) is -0.103. The predicted molar refractivity (Wildman–Crippen MR) is 66.8 cm³/mol. The molecule has 0 spiro atoms. The lowest BCUT2D eigenvalue weighted by molar-refractivity contribution is -0.129. The molecule has 0 atom stereocenters. The van der Waals surface area contributed by atoms with Crippen LogP contribution in [-0.2, 0) is 16.1 Å². The Morgan fingerprint density at radius 1 is 1.50 bits per heavy atom. The minimum absolute atomic E-state index is 0.0589. The largest absolute Gasteiger partial charge is 0.381 e. The van der Waals surface area contributed by atoms with Crippen molar-refractivity contribution in [3.63, 3.8) is 0 Å². The van der Waals surface area contributed by atoms with E-state index in [-0.39, 0.29) is 5.91 Å². The Morgan fingerprint density at radius 2 is 2.28 bits per heavy atom. The van der Waals surface area contributed by atoms with Gasteiger partial charge in [-0.3, -0.25) is 4.79 Å². The maximum Gasteiger partial charge on any atom is 0.240 e. The average molecular weight is 252 g/mol. The van der Waals surface area contributed by atoms with Gasteiger partial charge in [0, 0.05) is 38.7 Å². The van der Waals surface area contributed by atoms with E-state index in [1.807, 2.05) is 10.8 Å². The molecule has 2 heterocycles. The van der Waals surface area contributed by atoms with Gasteiger partial charge in [-0.05, 0) is 19.3 Å². The van der Waals surface area contributed by atoms with Crippen LogP contribution in [0, 0.1) is 0 Å². The quantitative estimate of drug-likeness (QED) is 0.717. The number of nitrogens with zero attached hydrogens (tertiary/aromatic N) is 2. The third kappa shape index (κ3) is 3.30. The van der Waals surface area contributed by atoms with Crippen LogP contribution in [-0.4, -0.2) is 40.8 Å². The van der Waals surface area contributed by atoms with Gasteiger partial charge >= 0.3 is 0 Å². The molecule has 6 nitrogen and oxygen atoms in total. The molecule has 0 saturated carbocycles. The summed E-state index contributed by atoms with van der Waals surface area (Å²) in [7, 11) is 0. The van der Waals surface area contributed by atoms with E-state index in [1.165, 1.54) is 0 Å². The first kappa shape index (κ1) is 13.0. The van der Waals surface area contributed by atoms with Gasteiger partial charge in [0.15, 0.2) is 0 Å². The van der Waals surface area contributed by atoms with Crippen LogP contribution in [0.4, 0.5) is 0 Å². The van der Waals surface area contributed by atoms with Gasteiger partial charge in [0.25, 0.3) is 0 Å². The first-order chi connectivity index (χ1) is 8.71. The van der Waals surface area contributed by atoms with Gasteiger partial charge in [-0.25, -0.2) is 4.98 Å². The second kappa shape index (κ2) is 5.97. The second-order valence-corrected chi connectivity index (χ2v) is 4.68. The van der Waals surface area contributed by atoms with E-state index in [4.69, 9.17) is 10.5 Å². The highest BCUT2D eigenvalue weighted by Crippen LogP contribution is 2.17. The summed E-state index contributed by atoms with van der Waals surface area (Å²) in [6, 6.07) is 0. The van der Waals surface area contributed by atoms with Crippen molar-refractivity contribution in [3.8, 4) is 0 Å². The summed E-state index contributed by atoms with van der Waals surface area (Å²) in [6.45, 7) is 2.62. The van der Waals surface area contributed by atoms with E-state index < -0.39 is 5.54 Å². The van der Waals surface area contributed by atoms with Gasteiger partial charge in [-0.1, -0.05) is 0 Å². The molecule has 18 heavy (non-hydrogen) atoms. The number of aromatic nitrogens is 2. The van der Waals surface area contributed by atoms with Crippen molar-refractivity contribution >= 4 is 5.91 Å². The van der Waals surface area contributed by atoms with E-state index in [0.29, 0.717) is 32.6 Å². The smallest absolute Gasteiger partial charge is 0.240 e. The molecule has 1 amide bonds. The van der Waals surface area contributed by atoms with Crippen molar-refractivity contribution in [2.45, 2.75) is 31.3 Å². The molecule has 3 N–H and O–H groups in total. The van der Waals surface area contributed by atoms with Crippen molar-refractivity contribution in [2.24, 2.45) is 5.73 Å². The van der Waals surface area contributed by atoms with E-state index in [9.17, 15) is 4.79 Å². The number of hydrogen-bond donors (Lipinski definition) is 2.